The molecule has 0 radical (unpaired) electrons. The normalized spacial score (nSPS) is 10.9. The van der Waals surface area contributed by atoms with Crippen molar-refractivity contribution in [3.8, 4) is 6.07 Å². The molecule has 4 heteroatoms. The minimum atomic E-state index is -0.426. The second-order valence-corrected chi connectivity index (χ2v) is 5.43. The zero-order chi connectivity index (χ0) is 16.1. The molecule has 0 saturated carbocycles. The lowest BCUT2D eigenvalue weighted by Crippen LogP contribution is -2.14. The zero-order valence-corrected chi connectivity index (χ0v) is 13.1. The van der Waals surface area contributed by atoms with E-state index in [1.54, 1.807) is 24.3 Å². The number of amides is 1. The van der Waals surface area contributed by atoms with Crippen LogP contribution in [0.3, 0.4) is 0 Å². The van der Waals surface area contributed by atoms with Gasteiger partial charge in [0.15, 0.2) is 0 Å². The topological polar surface area (TPSA) is 52.9 Å². The average Bonchev–Trinajstić information content (AvgIpc) is 2.49. The summed E-state index contributed by atoms with van der Waals surface area (Å²) < 4.78 is 0. The highest BCUT2D eigenvalue weighted by atomic mass is 35.5. The molecule has 0 aliphatic carbocycles. The van der Waals surface area contributed by atoms with E-state index in [0.717, 1.165) is 16.7 Å². The molecule has 2 aromatic rings. The summed E-state index contributed by atoms with van der Waals surface area (Å²) in [5, 5.41) is 12.6. The van der Waals surface area contributed by atoms with Gasteiger partial charge < -0.3 is 5.32 Å². The van der Waals surface area contributed by atoms with Gasteiger partial charge in [0.2, 0.25) is 0 Å². The molecule has 0 heterocycles. The first-order valence-corrected chi connectivity index (χ1v) is 7.13. The molecule has 0 saturated heterocycles. The maximum Gasteiger partial charge on any atom is 0.266 e. The van der Waals surface area contributed by atoms with Gasteiger partial charge in [-0.2, -0.15) is 5.26 Å². The quantitative estimate of drug-likeness (QED) is 0.670. The van der Waals surface area contributed by atoms with Crippen molar-refractivity contribution < 1.29 is 4.79 Å². The number of anilines is 1. The van der Waals surface area contributed by atoms with Crippen LogP contribution in [0.1, 0.15) is 16.7 Å². The van der Waals surface area contributed by atoms with Crippen LogP contribution in [-0.2, 0) is 4.79 Å². The van der Waals surface area contributed by atoms with Crippen LogP contribution in [0.15, 0.2) is 48.0 Å². The number of nitrogens with zero attached hydrogens (tertiary/aromatic N) is 1. The van der Waals surface area contributed by atoms with Gasteiger partial charge in [0.05, 0.1) is 0 Å². The van der Waals surface area contributed by atoms with Crippen molar-refractivity contribution in [2.24, 2.45) is 0 Å². The lowest BCUT2D eigenvalue weighted by atomic mass is 10.1. The van der Waals surface area contributed by atoms with E-state index in [0.29, 0.717) is 10.7 Å². The highest BCUT2D eigenvalue weighted by Gasteiger charge is 2.10. The molecule has 2 rings (SSSR count). The Kier molecular flexibility index (Phi) is 4.98. The molecule has 0 atom stereocenters. The van der Waals surface area contributed by atoms with Crippen LogP contribution in [0.25, 0.3) is 6.08 Å². The molecule has 0 fully saturated rings. The number of rotatable bonds is 3. The van der Waals surface area contributed by atoms with E-state index >= 15 is 0 Å². The maximum atomic E-state index is 12.2. The number of carbonyl (C=O) groups is 1. The minimum Gasteiger partial charge on any atom is -0.321 e. The first kappa shape index (κ1) is 15.8. The number of nitriles is 1. The van der Waals surface area contributed by atoms with Crippen LogP contribution in [-0.4, -0.2) is 5.91 Å². The number of carbonyl (C=O) groups excluding carboxylic acids is 1. The smallest absolute Gasteiger partial charge is 0.266 e. The number of hydrogen-bond acceptors (Lipinski definition) is 2. The summed E-state index contributed by atoms with van der Waals surface area (Å²) in [5.74, 6) is -0.426. The molecule has 0 aliphatic rings. The van der Waals surface area contributed by atoms with E-state index in [1.807, 2.05) is 38.1 Å². The van der Waals surface area contributed by atoms with E-state index in [2.05, 4.69) is 5.32 Å². The van der Waals surface area contributed by atoms with Gasteiger partial charge in [0.1, 0.15) is 11.6 Å². The van der Waals surface area contributed by atoms with Crippen LogP contribution >= 0.6 is 11.6 Å². The van der Waals surface area contributed by atoms with Gasteiger partial charge in [-0.3, -0.25) is 4.79 Å². The second kappa shape index (κ2) is 6.93. The molecule has 3 nitrogen and oxygen atoms in total. The van der Waals surface area contributed by atoms with Crippen molar-refractivity contribution in [1.82, 2.24) is 0 Å². The minimum absolute atomic E-state index is 0.0438. The van der Waals surface area contributed by atoms with Gasteiger partial charge in [-0.1, -0.05) is 41.4 Å². The summed E-state index contributed by atoms with van der Waals surface area (Å²) in [6, 6.07) is 14.6. The maximum absolute atomic E-state index is 12.2. The second-order valence-electron chi connectivity index (χ2n) is 4.99. The van der Waals surface area contributed by atoms with E-state index in [-0.39, 0.29) is 5.57 Å². The molecule has 0 unspecified atom stereocenters. The van der Waals surface area contributed by atoms with Crippen LogP contribution in [0.5, 0.6) is 0 Å². The van der Waals surface area contributed by atoms with Gasteiger partial charge in [0, 0.05) is 10.7 Å². The van der Waals surface area contributed by atoms with Gasteiger partial charge >= 0.3 is 0 Å². The summed E-state index contributed by atoms with van der Waals surface area (Å²) in [6.45, 7) is 3.90. The van der Waals surface area contributed by atoms with Crippen molar-refractivity contribution in [3.63, 3.8) is 0 Å². The fraction of sp³-hybridized carbons (Fsp3) is 0.111. The largest absolute Gasteiger partial charge is 0.321 e. The zero-order valence-electron chi connectivity index (χ0n) is 12.4. The molecule has 22 heavy (non-hydrogen) atoms. The number of aryl methyl sites for hydroxylation is 2. The van der Waals surface area contributed by atoms with Crippen molar-refractivity contribution in [2.45, 2.75) is 13.8 Å². The Morgan fingerprint density at radius 1 is 1.18 bits per heavy atom. The summed E-state index contributed by atoms with van der Waals surface area (Å²) in [6.07, 6.45) is 1.54. The molecule has 0 bridgehead atoms. The van der Waals surface area contributed by atoms with Crippen molar-refractivity contribution in [1.29, 1.82) is 5.26 Å². The van der Waals surface area contributed by atoms with Crippen LogP contribution in [0.2, 0.25) is 5.02 Å². The lowest BCUT2D eigenvalue weighted by Gasteiger charge is -2.08. The average molecular weight is 311 g/mol. The van der Waals surface area contributed by atoms with Crippen LogP contribution in [0.4, 0.5) is 5.69 Å². The fourth-order valence-electron chi connectivity index (χ4n) is 2.02. The Balaban J connectivity index is 2.22. The van der Waals surface area contributed by atoms with Gasteiger partial charge in [-0.15, -0.1) is 0 Å². The SMILES string of the molecule is Cc1ccc(NC(=O)/C(C#N)=C\c2ccc(Cl)cc2)c(C)c1. The summed E-state index contributed by atoms with van der Waals surface area (Å²) in [7, 11) is 0. The summed E-state index contributed by atoms with van der Waals surface area (Å²) in [4.78, 5) is 12.2. The molecule has 110 valence electrons. The predicted octanol–water partition coefficient (Wildman–Crippen LogP) is 4.50. The number of nitrogens with one attached hydrogen (secondary N) is 1. The first-order chi connectivity index (χ1) is 10.5. The third kappa shape index (κ3) is 3.97. The lowest BCUT2D eigenvalue weighted by molar-refractivity contribution is -0.112. The van der Waals surface area contributed by atoms with Crippen LogP contribution in [0, 0.1) is 25.2 Å². The number of hydrogen-bond donors (Lipinski definition) is 1. The molecular weight excluding hydrogens is 296 g/mol. The Bertz CT molecular complexity index is 771. The van der Waals surface area contributed by atoms with E-state index in [1.165, 1.54) is 6.08 Å². The summed E-state index contributed by atoms with van der Waals surface area (Å²) in [5.41, 5.74) is 3.57. The Morgan fingerprint density at radius 3 is 2.45 bits per heavy atom. The van der Waals surface area contributed by atoms with Crippen molar-refractivity contribution >= 4 is 29.3 Å². The molecule has 0 aromatic heterocycles. The van der Waals surface area contributed by atoms with E-state index in [4.69, 9.17) is 11.6 Å². The number of benzene rings is 2. The van der Waals surface area contributed by atoms with Crippen LogP contribution < -0.4 is 5.32 Å². The van der Waals surface area contributed by atoms with Gasteiger partial charge in [-0.25, -0.2) is 0 Å². The highest BCUT2D eigenvalue weighted by molar-refractivity contribution is 6.30. The van der Waals surface area contributed by atoms with Crippen molar-refractivity contribution in [2.75, 3.05) is 5.32 Å². The monoisotopic (exact) mass is 310 g/mol. The fourth-order valence-corrected chi connectivity index (χ4v) is 2.14. The van der Waals surface area contributed by atoms with Gasteiger partial charge in [0.25, 0.3) is 5.91 Å². The Morgan fingerprint density at radius 2 is 1.86 bits per heavy atom. The van der Waals surface area contributed by atoms with E-state index < -0.39 is 5.91 Å². The van der Waals surface area contributed by atoms with E-state index in [9.17, 15) is 10.1 Å². The number of halogens is 1. The van der Waals surface area contributed by atoms with Gasteiger partial charge in [-0.05, 0) is 49.2 Å². The van der Waals surface area contributed by atoms with Crippen molar-refractivity contribution in [3.05, 3.63) is 69.8 Å². The standard InChI is InChI=1S/C18H15ClN2O/c1-12-3-8-17(13(2)9-12)21-18(22)15(11-20)10-14-4-6-16(19)7-5-14/h3-10H,1-2H3,(H,21,22)/b15-10-. The molecule has 1 N–H and O–H groups in total. The third-order valence-electron chi connectivity index (χ3n) is 3.18. The third-order valence-corrected chi connectivity index (χ3v) is 3.43. The molecule has 0 spiro atoms. The first-order valence-electron chi connectivity index (χ1n) is 6.75. The molecule has 1 amide bonds. The Hall–Kier alpha value is -2.57. The molecule has 0 aliphatic heterocycles. The molecular formula is C18H15ClN2O. The molecule has 2 aromatic carbocycles. The Labute approximate surface area is 134 Å². The predicted molar refractivity (Wildman–Crippen MR) is 89.6 cm³/mol. The summed E-state index contributed by atoms with van der Waals surface area (Å²) >= 11 is 5.82. The highest BCUT2D eigenvalue weighted by Crippen LogP contribution is 2.18.